The molecule has 0 radical (unpaired) electrons. The molecule has 0 saturated carbocycles. The van der Waals surface area contributed by atoms with E-state index in [9.17, 15) is 0 Å². The van der Waals surface area contributed by atoms with Crippen LogP contribution in [0.3, 0.4) is 0 Å². The number of aliphatic imine (C=N–C) groups is 1. The third-order valence-corrected chi connectivity index (χ3v) is 3.05. The van der Waals surface area contributed by atoms with E-state index in [2.05, 4.69) is 36.4 Å². The Morgan fingerprint density at radius 3 is 2.70 bits per heavy atom. The predicted molar refractivity (Wildman–Crippen MR) is 85.5 cm³/mol. The van der Waals surface area contributed by atoms with Gasteiger partial charge in [-0.05, 0) is 38.8 Å². The number of hydrogen-bond acceptors (Lipinski definition) is 2. The van der Waals surface area contributed by atoms with E-state index in [0.29, 0.717) is 19.2 Å². The standard InChI is InChI=1S/C16H27N3O/c1-5-14(4)19-16(17-6-2)18-11-12-20-15-10-8-7-9-13(15)3/h7-10,14H,5-6,11-12H2,1-4H3,(H2,17,18,19). The van der Waals surface area contributed by atoms with Crippen LogP contribution in [0.15, 0.2) is 29.3 Å². The Hall–Kier alpha value is -1.71. The van der Waals surface area contributed by atoms with Gasteiger partial charge in [0.25, 0.3) is 0 Å². The lowest BCUT2D eigenvalue weighted by Crippen LogP contribution is -2.42. The minimum atomic E-state index is 0.421. The Balaban J connectivity index is 2.42. The molecule has 2 N–H and O–H groups in total. The van der Waals surface area contributed by atoms with Crippen LogP contribution < -0.4 is 15.4 Å². The molecule has 4 nitrogen and oxygen atoms in total. The Morgan fingerprint density at radius 1 is 1.30 bits per heavy atom. The second-order valence-electron chi connectivity index (χ2n) is 4.83. The summed E-state index contributed by atoms with van der Waals surface area (Å²) in [5, 5.41) is 6.60. The monoisotopic (exact) mass is 277 g/mol. The van der Waals surface area contributed by atoms with E-state index in [4.69, 9.17) is 4.74 Å². The van der Waals surface area contributed by atoms with Gasteiger partial charge in [0.15, 0.2) is 5.96 Å². The molecule has 0 aliphatic carbocycles. The topological polar surface area (TPSA) is 45.7 Å². The molecule has 0 heterocycles. The summed E-state index contributed by atoms with van der Waals surface area (Å²) in [7, 11) is 0. The van der Waals surface area contributed by atoms with Crippen LogP contribution in [0.5, 0.6) is 5.75 Å². The molecule has 1 aromatic rings. The van der Waals surface area contributed by atoms with E-state index in [1.54, 1.807) is 0 Å². The second kappa shape index (κ2) is 9.23. The average molecular weight is 277 g/mol. The number of hydrogen-bond donors (Lipinski definition) is 2. The smallest absolute Gasteiger partial charge is 0.191 e. The minimum Gasteiger partial charge on any atom is -0.491 e. The normalized spacial score (nSPS) is 12.9. The number of nitrogens with zero attached hydrogens (tertiary/aromatic N) is 1. The van der Waals surface area contributed by atoms with E-state index in [1.165, 1.54) is 0 Å². The van der Waals surface area contributed by atoms with Crippen molar-refractivity contribution in [2.45, 2.75) is 40.2 Å². The summed E-state index contributed by atoms with van der Waals surface area (Å²) in [5.41, 5.74) is 1.15. The molecule has 20 heavy (non-hydrogen) atoms. The van der Waals surface area contributed by atoms with Gasteiger partial charge in [-0.1, -0.05) is 25.1 Å². The first-order chi connectivity index (χ1) is 9.67. The molecule has 4 heteroatoms. The maximum absolute atomic E-state index is 5.73. The molecule has 0 aliphatic heterocycles. The predicted octanol–water partition coefficient (Wildman–Crippen LogP) is 2.73. The quantitative estimate of drug-likeness (QED) is 0.457. The Kier molecular flexibility index (Phi) is 7.55. The number of ether oxygens (including phenoxy) is 1. The zero-order valence-electron chi connectivity index (χ0n) is 13.1. The summed E-state index contributed by atoms with van der Waals surface area (Å²) in [5.74, 6) is 1.79. The van der Waals surface area contributed by atoms with Crippen molar-refractivity contribution in [1.82, 2.24) is 10.6 Å². The Bertz CT molecular complexity index is 418. The van der Waals surface area contributed by atoms with Crippen molar-refractivity contribution in [3.8, 4) is 5.75 Å². The molecule has 0 bridgehead atoms. The van der Waals surface area contributed by atoms with Gasteiger partial charge in [0.2, 0.25) is 0 Å². The SMILES string of the molecule is CCNC(=NCCOc1ccccc1C)NC(C)CC. The molecule has 0 aromatic heterocycles. The first-order valence-corrected chi connectivity index (χ1v) is 7.40. The number of guanidine groups is 1. The second-order valence-corrected chi connectivity index (χ2v) is 4.83. The highest BCUT2D eigenvalue weighted by Crippen LogP contribution is 2.15. The zero-order chi connectivity index (χ0) is 14.8. The van der Waals surface area contributed by atoms with E-state index < -0.39 is 0 Å². The van der Waals surface area contributed by atoms with Crippen LogP contribution in [-0.2, 0) is 0 Å². The van der Waals surface area contributed by atoms with Crippen LogP contribution in [0.1, 0.15) is 32.8 Å². The molecule has 0 spiro atoms. The van der Waals surface area contributed by atoms with Gasteiger partial charge in [0.05, 0.1) is 6.54 Å². The van der Waals surface area contributed by atoms with Gasteiger partial charge >= 0.3 is 0 Å². The third-order valence-electron chi connectivity index (χ3n) is 3.05. The van der Waals surface area contributed by atoms with E-state index >= 15 is 0 Å². The van der Waals surface area contributed by atoms with Gasteiger partial charge in [-0.3, -0.25) is 0 Å². The summed E-state index contributed by atoms with van der Waals surface area (Å²) in [6.45, 7) is 10.5. The molecule has 0 fully saturated rings. The lowest BCUT2D eigenvalue weighted by atomic mass is 10.2. The van der Waals surface area contributed by atoms with Crippen LogP contribution in [0.2, 0.25) is 0 Å². The van der Waals surface area contributed by atoms with E-state index in [0.717, 1.165) is 30.2 Å². The van der Waals surface area contributed by atoms with Crippen LogP contribution in [0.4, 0.5) is 0 Å². The Labute approximate surface area is 122 Å². The van der Waals surface area contributed by atoms with Gasteiger partial charge < -0.3 is 15.4 Å². The van der Waals surface area contributed by atoms with Crippen LogP contribution >= 0.6 is 0 Å². The summed E-state index contributed by atoms with van der Waals surface area (Å²) in [6.07, 6.45) is 1.07. The van der Waals surface area contributed by atoms with Crippen molar-refractivity contribution < 1.29 is 4.74 Å². The summed E-state index contributed by atoms with van der Waals surface area (Å²) in [6, 6.07) is 8.46. The molecule has 1 aromatic carbocycles. The molecule has 0 saturated heterocycles. The Morgan fingerprint density at radius 2 is 2.05 bits per heavy atom. The lowest BCUT2D eigenvalue weighted by Gasteiger charge is -2.16. The molecule has 0 aliphatic rings. The van der Waals surface area contributed by atoms with Crippen LogP contribution in [0.25, 0.3) is 0 Å². The van der Waals surface area contributed by atoms with Gasteiger partial charge in [0, 0.05) is 12.6 Å². The number of rotatable bonds is 7. The van der Waals surface area contributed by atoms with Crippen molar-refractivity contribution in [3.63, 3.8) is 0 Å². The number of benzene rings is 1. The van der Waals surface area contributed by atoms with Gasteiger partial charge in [-0.2, -0.15) is 0 Å². The zero-order valence-corrected chi connectivity index (χ0v) is 13.1. The summed E-state index contributed by atoms with van der Waals surface area (Å²) >= 11 is 0. The first kappa shape index (κ1) is 16.3. The first-order valence-electron chi connectivity index (χ1n) is 7.40. The third kappa shape index (κ3) is 5.95. The highest BCUT2D eigenvalue weighted by Gasteiger charge is 2.02. The largest absolute Gasteiger partial charge is 0.491 e. The molecule has 0 amide bonds. The van der Waals surface area contributed by atoms with Gasteiger partial charge in [0.1, 0.15) is 12.4 Å². The fourth-order valence-electron chi connectivity index (χ4n) is 1.69. The van der Waals surface area contributed by atoms with E-state index in [-0.39, 0.29) is 0 Å². The number of nitrogens with one attached hydrogen (secondary N) is 2. The maximum atomic E-state index is 5.73. The average Bonchev–Trinajstić information content (AvgIpc) is 2.45. The number of para-hydroxylation sites is 1. The van der Waals surface area contributed by atoms with Crippen molar-refractivity contribution in [2.24, 2.45) is 4.99 Å². The molecule has 1 unspecified atom stereocenters. The molecular formula is C16H27N3O. The molecular weight excluding hydrogens is 250 g/mol. The molecule has 1 atom stereocenters. The van der Waals surface area contributed by atoms with Crippen molar-refractivity contribution in [1.29, 1.82) is 0 Å². The number of aryl methyl sites for hydroxylation is 1. The molecule has 112 valence electrons. The van der Waals surface area contributed by atoms with Crippen molar-refractivity contribution in [2.75, 3.05) is 19.7 Å². The van der Waals surface area contributed by atoms with Crippen molar-refractivity contribution >= 4 is 5.96 Å². The summed E-state index contributed by atoms with van der Waals surface area (Å²) in [4.78, 5) is 4.52. The molecule has 1 rings (SSSR count). The fraction of sp³-hybridized carbons (Fsp3) is 0.562. The fourth-order valence-corrected chi connectivity index (χ4v) is 1.69. The summed E-state index contributed by atoms with van der Waals surface area (Å²) < 4.78 is 5.73. The van der Waals surface area contributed by atoms with Gasteiger partial charge in [-0.25, -0.2) is 4.99 Å². The lowest BCUT2D eigenvalue weighted by molar-refractivity contribution is 0.326. The van der Waals surface area contributed by atoms with Gasteiger partial charge in [-0.15, -0.1) is 0 Å². The van der Waals surface area contributed by atoms with Crippen molar-refractivity contribution in [3.05, 3.63) is 29.8 Å². The highest BCUT2D eigenvalue weighted by atomic mass is 16.5. The minimum absolute atomic E-state index is 0.421. The van der Waals surface area contributed by atoms with E-state index in [1.807, 2.05) is 31.2 Å². The highest BCUT2D eigenvalue weighted by molar-refractivity contribution is 5.80. The van der Waals surface area contributed by atoms with Crippen LogP contribution in [-0.4, -0.2) is 31.7 Å². The van der Waals surface area contributed by atoms with Crippen LogP contribution in [0, 0.1) is 6.92 Å². The maximum Gasteiger partial charge on any atom is 0.191 e.